The quantitative estimate of drug-likeness (QED) is 0.684. The van der Waals surface area contributed by atoms with Crippen LogP contribution in [-0.2, 0) is 0 Å². The lowest BCUT2D eigenvalue weighted by atomic mass is 9.97. The average molecular weight is 422 g/mol. The molecule has 1 aromatic heterocycles. The summed E-state index contributed by atoms with van der Waals surface area (Å²) in [6.07, 6.45) is 3.84. The molecule has 0 spiro atoms. The molecule has 2 atom stereocenters. The predicted octanol–water partition coefficient (Wildman–Crippen LogP) is 3.97. The van der Waals surface area contributed by atoms with Gasteiger partial charge >= 0.3 is 0 Å². The molecule has 2 unspecified atom stereocenters. The lowest BCUT2D eigenvalue weighted by Gasteiger charge is -2.47. The molecule has 0 saturated carbocycles. The zero-order chi connectivity index (χ0) is 14.3. The molecule has 110 valence electrons. The Morgan fingerprint density at radius 3 is 2.85 bits per heavy atom. The van der Waals surface area contributed by atoms with Crippen molar-refractivity contribution in [2.24, 2.45) is 0 Å². The van der Waals surface area contributed by atoms with Crippen LogP contribution < -0.4 is 0 Å². The Hall–Kier alpha value is 0.0900. The molecule has 2 saturated heterocycles. The van der Waals surface area contributed by atoms with Crippen molar-refractivity contribution < 1.29 is 4.79 Å². The zero-order valence-corrected chi connectivity index (χ0v) is 15.4. The Morgan fingerprint density at radius 2 is 2.15 bits per heavy atom. The molecule has 2 aliphatic rings. The fourth-order valence-corrected chi connectivity index (χ4v) is 5.22. The van der Waals surface area contributed by atoms with Crippen LogP contribution in [0.25, 0.3) is 0 Å². The Labute approximate surface area is 140 Å². The van der Waals surface area contributed by atoms with Crippen molar-refractivity contribution in [1.29, 1.82) is 0 Å². The summed E-state index contributed by atoms with van der Waals surface area (Å²) in [5.74, 6) is 0.180. The molecule has 0 aliphatic carbocycles. The molecular weight excluding hydrogens is 404 g/mol. The first-order valence-electron chi connectivity index (χ1n) is 7.06. The molecule has 3 heterocycles. The van der Waals surface area contributed by atoms with E-state index in [1.807, 2.05) is 6.07 Å². The fraction of sp³-hybridized carbons (Fsp3) is 0.643. The van der Waals surface area contributed by atoms with Crippen LogP contribution in [0, 0.1) is 0 Å². The van der Waals surface area contributed by atoms with Crippen molar-refractivity contribution in [3.63, 3.8) is 0 Å². The van der Waals surface area contributed by atoms with Crippen LogP contribution in [0.3, 0.4) is 0 Å². The first-order chi connectivity index (χ1) is 9.56. The number of fused-ring (bicyclic) bond motifs is 1. The van der Waals surface area contributed by atoms with E-state index in [2.05, 4.69) is 48.6 Å². The number of rotatable bonds is 1. The van der Waals surface area contributed by atoms with Gasteiger partial charge in [-0.05, 0) is 64.2 Å². The number of halogens is 2. The van der Waals surface area contributed by atoms with Crippen molar-refractivity contribution in [2.75, 3.05) is 19.6 Å². The van der Waals surface area contributed by atoms with E-state index in [0.29, 0.717) is 12.1 Å². The Kier molecular flexibility index (Phi) is 4.55. The summed E-state index contributed by atoms with van der Waals surface area (Å²) >= 11 is 8.45. The lowest BCUT2D eigenvalue weighted by molar-refractivity contribution is 0.0155. The topological polar surface area (TPSA) is 23.6 Å². The van der Waals surface area contributed by atoms with Crippen LogP contribution in [0.1, 0.15) is 35.9 Å². The molecule has 3 rings (SSSR count). The first-order valence-corrected chi connectivity index (χ1v) is 9.46. The number of carbonyl (C=O) groups is 1. The summed E-state index contributed by atoms with van der Waals surface area (Å²) in [4.78, 5) is 18.2. The summed E-state index contributed by atoms with van der Waals surface area (Å²) < 4.78 is 1.96. The monoisotopic (exact) mass is 420 g/mol. The van der Waals surface area contributed by atoms with E-state index in [1.165, 1.54) is 37.1 Å². The lowest BCUT2D eigenvalue weighted by Crippen LogP contribution is -2.60. The highest BCUT2D eigenvalue weighted by atomic mass is 79.9. The van der Waals surface area contributed by atoms with Crippen LogP contribution >= 0.6 is 43.2 Å². The Morgan fingerprint density at radius 1 is 1.35 bits per heavy atom. The Balaban J connectivity index is 1.77. The van der Waals surface area contributed by atoms with Gasteiger partial charge < -0.3 is 4.90 Å². The van der Waals surface area contributed by atoms with Crippen LogP contribution in [-0.4, -0.2) is 47.4 Å². The molecule has 0 N–H and O–H groups in total. The highest BCUT2D eigenvalue weighted by Crippen LogP contribution is 2.34. The highest BCUT2D eigenvalue weighted by molar-refractivity contribution is 9.13. The SMILES string of the molecule is CC1CN2CCCCC2CN1C(=O)c1cc(Br)c(Br)s1. The minimum absolute atomic E-state index is 0.180. The molecule has 20 heavy (non-hydrogen) atoms. The number of thiophene rings is 1. The summed E-state index contributed by atoms with van der Waals surface area (Å²) in [5.41, 5.74) is 0. The van der Waals surface area contributed by atoms with E-state index >= 15 is 0 Å². The summed E-state index contributed by atoms with van der Waals surface area (Å²) in [6, 6.07) is 2.80. The molecule has 2 aliphatic heterocycles. The van der Waals surface area contributed by atoms with E-state index in [0.717, 1.165) is 26.2 Å². The van der Waals surface area contributed by atoms with Gasteiger partial charge in [-0.15, -0.1) is 11.3 Å². The van der Waals surface area contributed by atoms with Gasteiger partial charge in [-0.3, -0.25) is 9.69 Å². The van der Waals surface area contributed by atoms with Crippen molar-refractivity contribution in [1.82, 2.24) is 9.80 Å². The molecule has 6 heteroatoms. The van der Waals surface area contributed by atoms with Crippen molar-refractivity contribution in [2.45, 2.75) is 38.3 Å². The van der Waals surface area contributed by atoms with Gasteiger partial charge in [0.25, 0.3) is 5.91 Å². The molecule has 0 aromatic carbocycles. The Bertz CT molecular complexity index is 500. The minimum Gasteiger partial charge on any atom is -0.332 e. The number of hydrogen-bond acceptors (Lipinski definition) is 3. The predicted molar refractivity (Wildman–Crippen MR) is 89.4 cm³/mol. The molecule has 2 fully saturated rings. The van der Waals surface area contributed by atoms with Gasteiger partial charge in [-0.25, -0.2) is 0 Å². The molecule has 1 amide bonds. The van der Waals surface area contributed by atoms with Crippen molar-refractivity contribution in [3.8, 4) is 0 Å². The normalized spacial score (nSPS) is 27.4. The second-order valence-electron chi connectivity index (χ2n) is 5.68. The largest absolute Gasteiger partial charge is 0.332 e. The maximum Gasteiger partial charge on any atom is 0.264 e. The smallest absolute Gasteiger partial charge is 0.264 e. The number of piperazine rings is 1. The maximum atomic E-state index is 12.7. The van der Waals surface area contributed by atoms with Crippen molar-refractivity contribution in [3.05, 3.63) is 19.2 Å². The number of amides is 1. The third kappa shape index (κ3) is 2.85. The van der Waals surface area contributed by atoms with Gasteiger partial charge in [0.05, 0.1) is 8.66 Å². The molecule has 0 radical (unpaired) electrons. The number of hydrogen-bond donors (Lipinski definition) is 0. The summed E-state index contributed by atoms with van der Waals surface area (Å²) in [6.45, 7) is 5.27. The van der Waals surface area contributed by atoms with Crippen LogP contribution in [0.15, 0.2) is 14.3 Å². The van der Waals surface area contributed by atoms with Crippen LogP contribution in [0.4, 0.5) is 0 Å². The van der Waals surface area contributed by atoms with Gasteiger partial charge in [0.1, 0.15) is 0 Å². The number of piperidine rings is 1. The van der Waals surface area contributed by atoms with Gasteiger partial charge in [-0.2, -0.15) is 0 Å². The maximum absolute atomic E-state index is 12.7. The first kappa shape index (κ1) is 15.0. The van der Waals surface area contributed by atoms with Gasteiger partial charge in [0.15, 0.2) is 0 Å². The second-order valence-corrected chi connectivity index (χ2v) is 8.91. The van der Waals surface area contributed by atoms with Crippen LogP contribution in [0.5, 0.6) is 0 Å². The molecule has 1 aromatic rings. The fourth-order valence-electron chi connectivity index (χ4n) is 3.23. The van der Waals surface area contributed by atoms with Gasteiger partial charge in [0, 0.05) is 29.6 Å². The molecule has 3 nitrogen and oxygen atoms in total. The summed E-state index contributed by atoms with van der Waals surface area (Å²) in [7, 11) is 0. The molecule has 0 bridgehead atoms. The highest BCUT2D eigenvalue weighted by Gasteiger charge is 2.35. The van der Waals surface area contributed by atoms with Crippen molar-refractivity contribution >= 4 is 49.1 Å². The minimum atomic E-state index is 0.180. The number of carbonyl (C=O) groups excluding carboxylic acids is 1. The van der Waals surface area contributed by atoms with Gasteiger partial charge in [-0.1, -0.05) is 6.42 Å². The van der Waals surface area contributed by atoms with E-state index in [1.54, 1.807) is 0 Å². The summed E-state index contributed by atoms with van der Waals surface area (Å²) in [5, 5.41) is 0. The molecular formula is C14H18Br2N2OS. The third-order valence-electron chi connectivity index (χ3n) is 4.30. The van der Waals surface area contributed by atoms with E-state index in [-0.39, 0.29) is 5.91 Å². The van der Waals surface area contributed by atoms with E-state index in [4.69, 9.17) is 0 Å². The van der Waals surface area contributed by atoms with E-state index < -0.39 is 0 Å². The second kappa shape index (κ2) is 6.07. The third-order valence-corrected chi connectivity index (χ3v) is 7.55. The standard InChI is InChI=1S/C14H18Br2N2OS/c1-9-7-17-5-3-2-4-10(17)8-18(9)14(19)12-6-11(15)13(16)20-12/h6,9-10H,2-5,7-8H2,1H3. The van der Waals surface area contributed by atoms with E-state index in [9.17, 15) is 4.79 Å². The van der Waals surface area contributed by atoms with Gasteiger partial charge in [0.2, 0.25) is 0 Å². The average Bonchev–Trinajstić information content (AvgIpc) is 2.77. The number of nitrogens with zero attached hydrogens (tertiary/aromatic N) is 2. The van der Waals surface area contributed by atoms with Crippen LogP contribution in [0.2, 0.25) is 0 Å². The zero-order valence-electron chi connectivity index (χ0n) is 11.4.